The van der Waals surface area contributed by atoms with Crippen molar-refractivity contribution in [3.63, 3.8) is 0 Å². The van der Waals surface area contributed by atoms with Gasteiger partial charge in [0.15, 0.2) is 5.82 Å². The number of carbonyl (C=O) groups excluding carboxylic acids is 1. The van der Waals surface area contributed by atoms with Gasteiger partial charge in [0.1, 0.15) is 18.7 Å². The molecule has 2 aromatic heterocycles. The van der Waals surface area contributed by atoms with E-state index in [9.17, 15) is 4.79 Å². The van der Waals surface area contributed by atoms with Gasteiger partial charge in [-0.3, -0.25) is 14.4 Å². The van der Waals surface area contributed by atoms with Crippen molar-refractivity contribution in [3.05, 3.63) is 53.4 Å². The second-order valence-electron chi connectivity index (χ2n) is 6.88. The van der Waals surface area contributed by atoms with Gasteiger partial charge < -0.3 is 5.32 Å². The molecule has 1 amide bonds. The molecule has 1 N–H and O–H groups in total. The molecule has 0 spiro atoms. The summed E-state index contributed by atoms with van der Waals surface area (Å²) in [5.41, 5.74) is 2.75. The van der Waals surface area contributed by atoms with Crippen LogP contribution in [-0.4, -0.2) is 58.9 Å². The number of fused-ring (bicyclic) bond motifs is 1. The molecule has 1 aliphatic rings. The Morgan fingerprint density at radius 1 is 1.21 bits per heavy atom. The molecular formula is C18H23N9O. The van der Waals surface area contributed by atoms with E-state index in [0.717, 1.165) is 25.3 Å². The molecule has 146 valence electrons. The number of nitrogens with one attached hydrogen (secondary N) is 1. The van der Waals surface area contributed by atoms with Gasteiger partial charge in [-0.05, 0) is 28.0 Å². The third-order valence-corrected chi connectivity index (χ3v) is 4.95. The second kappa shape index (κ2) is 8.26. The van der Waals surface area contributed by atoms with Crippen molar-refractivity contribution in [1.29, 1.82) is 0 Å². The summed E-state index contributed by atoms with van der Waals surface area (Å²) < 4.78 is 3.26. The minimum Gasteiger partial charge on any atom is -0.354 e. The highest BCUT2D eigenvalue weighted by Crippen LogP contribution is 2.19. The maximum atomic E-state index is 12.2. The average molecular weight is 381 g/mol. The topological polar surface area (TPSA) is 107 Å². The van der Waals surface area contributed by atoms with Crippen molar-refractivity contribution in [2.24, 2.45) is 7.05 Å². The lowest BCUT2D eigenvalue weighted by Crippen LogP contribution is -2.33. The molecule has 10 nitrogen and oxygen atoms in total. The van der Waals surface area contributed by atoms with Gasteiger partial charge in [0.25, 0.3) is 0 Å². The highest BCUT2D eigenvalue weighted by Gasteiger charge is 2.19. The van der Waals surface area contributed by atoms with Gasteiger partial charge in [-0.25, -0.2) is 9.67 Å². The van der Waals surface area contributed by atoms with Crippen LogP contribution >= 0.6 is 0 Å². The van der Waals surface area contributed by atoms with Crippen LogP contribution in [0.2, 0.25) is 0 Å². The normalized spacial score (nSPS) is 14.0. The van der Waals surface area contributed by atoms with E-state index in [-0.39, 0.29) is 12.5 Å². The van der Waals surface area contributed by atoms with Crippen LogP contribution in [-0.2, 0) is 44.3 Å². The summed E-state index contributed by atoms with van der Waals surface area (Å²) in [5, 5.41) is 18.7. The molecule has 1 aromatic carbocycles. The summed E-state index contributed by atoms with van der Waals surface area (Å²) in [5.74, 6) is 1.40. The van der Waals surface area contributed by atoms with Gasteiger partial charge in [-0.2, -0.15) is 5.10 Å². The van der Waals surface area contributed by atoms with Crippen LogP contribution in [0.25, 0.3) is 0 Å². The Kier molecular flexibility index (Phi) is 5.38. The highest BCUT2D eigenvalue weighted by molar-refractivity contribution is 5.75. The third kappa shape index (κ3) is 4.22. The Bertz CT molecular complexity index is 948. The maximum absolute atomic E-state index is 12.2. The van der Waals surface area contributed by atoms with Crippen molar-refractivity contribution in [2.75, 3.05) is 13.1 Å². The number of carbonyl (C=O) groups is 1. The lowest BCUT2D eigenvalue weighted by Gasteiger charge is -2.28. The van der Waals surface area contributed by atoms with Crippen LogP contribution < -0.4 is 5.32 Å². The van der Waals surface area contributed by atoms with Crippen molar-refractivity contribution < 1.29 is 4.79 Å². The molecule has 0 saturated heterocycles. The molecule has 10 heteroatoms. The zero-order valence-corrected chi connectivity index (χ0v) is 15.8. The molecular weight excluding hydrogens is 358 g/mol. The number of tetrazole rings is 1. The molecule has 4 rings (SSSR count). The molecule has 1 aliphatic heterocycles. The van der Waals surface area contributed by atoms with E-state index < -0.39 is 0 Å². The fourth-order valence-electron chi connectivity index (χ4n) is 3.40. The lowest BCUT2D eigenvalue weighted by atomic mass is 10.00. The number of aromatic nitrogens is 7. The van der Waals surface area contributed by atoms with Gasteiger partial charge in [-0.15, -0.1) is 5.10 Å². The predicted octanol–water partition coefficient (Wildman–Crippen LogP) is -0.281. The largest absolute Gasteiger partial charge is 0.354 e. The number of aryl methyl sites for hydroxylation is 1. The number of hydrogen-bond acceptors (Lipinski definition) is 7. The standard InChI is InChI=1S/C18H23N9O/c1-25-16(20-13-21-25)6-8-19-18(28)12-27-17(22-23-24-27)11-26-9-7-14-4-2-3-5-15(14)10-26/h2-5,13H,6-12H2,1H3,(H,19,28). The zero-order chi connectivity index (χ0) is 19.3. The number of benzene rings is 1. The molecule has 0 bridgehead atoms. The first kappa shape index (κ1) is 18.2. The summed E-state index contributed by atoms with van der Waals surface area (Å²) in [4.78, 5) is 18.7. The first-order chi connectivity index (χ1) is 13.7. The molecule has 28 heavy (non-hydrogen) atoms. The molecule has 0 aliphatic carbocycles. The number of nitrogens with zero attached hydrogens (tertiary/aromatic N) is 8. The fourth-order valence-corrected chi connectivity index (χ4v) is 3.40. The third-order valence-electron chi connectivity index (χ3n) is 4.95. The molecule has 3 heterocycles. The minimum atomic E-state index is -0.125. The van der Waals surface area contributed by atoms with E-state index in [4.69, 9.17) is 0 Å². The van der Waals surface area contributed by atoms with Crippen LogP contribution in [0, 0.1) is 0 Å². The van der Waals surface area contributed by atoms with Gasteiger partial charge in [-0.1, -0.05) is 24.3 Å². The van der Waals surface area contributed by atoms with Gasteiger partial charge in [0.05, 0.1) is 6.54 Å². The lowest BCUT2D eigenvalue weighted by molar-refractivity contribution is -0.121. The Labute approximate surface area is 162 Å². The van der Waals surface area contributed by atoms with E-state index in [1.54, 1.807) is 9.36 Å². The van der Waals surface area contributed by atoms with Gasteiger partial charge in [0, 0.05) is 33.1 Å². The number of hydrogen-bond donors (Lipinski definition) is 1. The molecule has 0 saturated carbocycles. The summed E-state index contributed by atoms with van der Waals surface area (Å²) >= 11 is 0. The minimum absolute atomic E-state index is 0.103. The Morgan fingerprint density at radius 2 is 2.07 bits per heavy atom. The van der Waals surface area contributed by atoms with Crippen LogP contribution in [0.3, 0.4) is 0 Å². The smallest absolute Gasteiger partial charge is 0.241 e. The van der Waals surface area contributed by atoms with Crippen molar-refractivity contribution in [1.82, 2.24) is 45.2 Å². The highest BCUT2D eigenvalue weighted by atomic mass is 16.2. The van der Waals surface area contributed by atoms with E-state index >= 15 is 0 Å². The Balaban J connectivity index is 1.29. The van der Waals surface area contributed by atoms with E-state index in [1.807, 2.05) is 7.05 Å². The van der Waals surface area contributed by atoms with Crippen LogP contribution in [0.4, 0.5) is 0 Å². The fraction of sp³-hybridized carbons (Fsp3) is 0.444. The van der Waals surface area contributed by atoms with Crippen molar-refractivity contribution >= 4 is 5.91 Å². The van der Waals surface area contributed by atoms with E-state index in [2.05, 4.69) is 60.1 Å². The molecule has 3 aromatic rings. The average Bonchev–Trinajstić information content (AvgIpc) is 3.31. The molecule has 0 fully saturated rings. The quantitative estimate of drug-likeness (QED) is 0.600. The van der Waals surface area contributed by atoms with Crippen LogP contribution in [0.5, 0.6) is 0 Å². The SMILES string of the molecule is Cn1ncnc1CCNC(=O)Cn1nnnc1CN1CCc2ccccc2C1. The van der Waals surface area contributed by atoms with Crippen LogP contribution in [0.15, 0.2) is 30.6 Å². The van der Waals surface area contributed by atoms with E-state index in [1.165, 1.54) is 17.5 Å². The number of rotatable bonds is 7. The van der Waals surface area contributed by atoms with E-state index in [0.29, 0.717) is 25.3 Å². The summed E-state index contributed by atoms with van der Waals surface area (Å²) in [7, 11) is 1.83. The first-order valence-electron chi connectivity index (χ1n) is 9.33. The van der Waals surface area contributed by atoms with Crippen LogP contribution in [0.1, 0.15) is 22.8 Å². The monoisotopic (exact) mass is 381 g/mol. The summed E-state index contributed by atoms with van der Waals surface area (Å²) in [6.45, 7) is 3.03. The Hall–Kier alpha value is -3.14. The second-order valence-corrected chi connectivity index (χ2v) is 6.88. The molecule has 0 atom stereocenters. The number of amides is 1. The van der Waals surface area contributed by atoms with Gasteiger partial charge in [0.2, 0.25) is 5.91 Å². The van der Waals surface area contributed by atoms with Gasteiger partial charge >= 0.3 is 0 Å². The Morgan fingerprint density at radius 3 is 2.89 bits per heavy atom. The van der Waals surface area contributed by atoms with Crippen molar-refractivity contribution in [2.45, 2.75) is 32.5 Å². The molecule has 0 radical (unpaired) electrons. The maximum Gasteiger partial charge on any atom is 0.241 e. The zero-order valence-electron chi connectivity index (χ0n) is 15.8. The van der Waals surface area contributed by atoms with Crippen molar-refractivity contribution in [3.8, 4) is 0 Å². The summed E-state index contributed by atoms with van der Waals surface area (Å²) in [6.07, 6.45) is 3.14. The summed E-state index contributed by atoms with van der Waals surface area (Å²) in [6, 6.07) is 8.49. The molecule has 0 unspecified atom stereocenters. The predicted molar refractivity (Wildman–Crippen MR) is 99.8 cm³/mol. The first-order valence-corrected chi connectivity index (χ1v) is 9.33.